The maximum atomic E-state index is 11.9. The molecule has 8 heteroatoms. The van der Waals surface area contributed by atoms with Crippen molar-refractivity contribution in [2.45, 2.75) is 6.61 Å². The molecule has 1 aromatic heterocycles. The van der Waals surface area contributed by atoms with Crippen LogP contribution in [-0.4, -0.2) is 16.3 Å². The average Bonchev–Trinajstić information content (AvgIpc) is 2.65. The molecule has 0 aliphatic heterocycles. The Morgan fingerprint density at radius 2 is 1.81 bits per heavy atom. The second-order valence-corrected chi connectivity index (χ2v) is 5.92. The number of amides is 1. The van der Waals surface area contributed by atoms with Crippen LogP contribution in [0.1, 0.15) is 5.56 Å². The lowest BCUT2D eigenvalue weighted by atomic mass is 10.2. The molecule has 0 fully saturated rings. The van der Waals surface area contributed by atoms with E-state index in [1.807, 2.05) is 30.3 Å². The van der Waals surface area contributed by atoms with Crippen molar-refractivity contribution < 1.29 is 14.3 Å². The van der Waals surface area contributed by atoms with E-state index in [4.69, 9.17) is 32.7 Å². The Labute approximate surface area is 159 Å². The van der Waals surface area contributed by atoms with Gasteiger partial charge in [0.1, 0.15) is 12.4 Å². The Morgan fingerprint density at radius 3 is 2.50 bits per heavy atom. The van der Waals surface area contributed by atoms with Gasteiger partial charge >= 0.3 is 6.09 Å². The summed E-state index contributed by atoms with van der Waals surface area (Å²) in [5.74, 6) is 0.616. The zero-order valence-electron chi connectivity index (χ0n) is 13.4. The van der Waals surface area contributed by atoms with Crippen LogP contribution < -0.4 is 10.1 Å². The lowest BCUT2D eigenvalue weighted by molar-refractivity contribution is 0.155. The largest absolute Gasteiger partial charge is 0.444 e. The van der Waals surface area contributed by atoms with Gasteiger partial charge in [-0.05, 0) is 29.8 Å². The summed E-state index contributed by atoms with van der Waals surface area (Å²) in [5.41, 5.74) is 1.37. The molecule has 0 radical (unpaired) electrons. The van der Waals surface area contributed by atoms with Crippen LogP contribution in [0.15, 0.2) is 60.7 Å². The number of anilines is 1. The van der Waals surface area contributed by atoms with Crippen molar-refractivity contribution in [2.75, 3.05) is 5.32 Å². The molecule has 0 spiro atoms. The quantitative estimate of drug-likeness (QED) is 0.638. The molecule has 0 aliphatic carbocycles. The Hall–Kier alpha value is -2.83. The first-order valence-corrected chi connectivity index (χ1v) is 8.30. The highest BCUT2D eigenvalue weighted by Crippen LogP contribution is 2.31. The van der Waals surface area contributed by atoms with Crippen molar-refractivity contribution >= 4 is 35.0 Å². The van der Waals surface area contributed by atoms with Crippen LogP contribution in [0.5, 0.6) is 11.6 Å². The third-order valence-corrected chi connectivity index (χ3v) is 3.71. The van der Waals surface area contributed by atoms with Crippen molar-refractivity contribution in [1.82, 2.24) is 10.2 Å². The average molecular weight is 390 g/mol. The van der Waals surface area contributed by atoms with Gasteiger partial charge < -0.3 is 9.47 Å². The molecular formula is C18H13Cl2N3O3. The monoisotopic (exact) mass is 389 g/mol. The van der Waals surface area contributed by atoms with Gasteiger partial charge in [-0.2, -0.15) is 0 Å². The number of rotatable bonds is 5. The Bertz CT molecular complexity index is 890. The van der Waals surface area contributed by atoms with E-state index < -0.39 is 6.09 Å². The number of nitrogens with zero attached hydrogens (tertiary/aromatic N) is 2. The molecule has 6 nitrogen and oxygen atoms in total. The molecule has 132 valence electrons. The van der Waals surface area contributed by atoms with E-state index >= 15 is 0 Å². The Kier molecular flexibility index (Phi) is 5.88. The van der Waals surface area contributed by atoms with E-state index in [0.29, 0.717) is 16.5 Å². The first-order chi connectivity index (χ1) is 12.6. The maximum Gasteiger partial charge on any atom is 0.411 e. The fourth-order valence-corrected chi connectivity index (χ4v) is 2.33. The number of carbonyl (C=O) groups excluding carboxylic acids is 1. The van der Waals surface area contributed by atoms with Crippen LogP contribution in [0, 0.1) is 0 Å². The van der Waals surface area contributed by atoms with Crippen molar-refractivity contribution in [1.29, 1.82) is 0 Å². The molecule has 1 N–H and O–H groups in total. The summed E-state index contributed by atoms with van der Waals surface area (Å²) in [6.07, 6.45) is -0.581. The second-order valence-electron chi connectivity index (χ2n) is 5.13. The van der Waals surface area contributed by atoms with Gasteiger partial charge in [-0.25, -0.2) is 4.79 Å². The molecule has 3 aromatic rings. The Morgan fingerprint density at radius 1 is 1.00 bits per heavy atom. The number of carbonyl (C=O) groups is 1. The number of hydrogen-bond donors (Lipinski definition) is 1. The SMILES string of the molecule is O=C(Nc1ccc(Oc2ccc(Cl)nn2)c(Cl)c1)OCc1ccccc1. The molecule has 3 rings (SSSR count). The zero-order chi connectivity index (χ0) is 18.4. The molecule has 0 saturated heterocycles. The highest BCUT2D eigenvalue weighted by molar-refractivity contribution is 6.32. The van der Waals surface area contributed by atoms with Crippen molar-refractivity contribution in [3.05, 3.63) is 76.4 Å². The van der Waals surface area contributed by atoms with Crippen LogP contribution in [0.4, 0.5) is 10.5 Å². The normalized spacial score (nSPS) is 10.2. The number of ether oxygens (including phenoxy) is 2. The van der Waals surface area contributed by atoms with Crippen LogP contribution >= 0.6 is 23.2 Å². The summed E-state index contributed by atoms with van der Waals surface area (Å²) in [5, 5.41) is 10.6. The first-order valence-electron chi connectivity index (χ1n) is 7.54. The minimum absolute atomic E-state index is 0.177. The minimum atomic E-state index is -0.581. The summed E-state index contributed by atoms with van der Waals surface area (Å²) in [6, 6.07) is 17.3. The van der Waals surface area contributed by atoms with Gasteiger partial charge in [-0.15, -0.1) is 10.2 Å². The van der Waals surface area contributed by atoms with Gasteiger partial charge in [0.15, 0.2) is 5.15 Å². The molecule has 0 saturated carbocycles. The molecule has 0 bridgehead atoms. The molecule has 1 amide bonds. The predicted octanol–water partition coefficient (Wildman–Crippen LogP) is 5.32. The second kappa shape index (κ2) is 8.51. The summed E-state index contributed by atoms with van der Waals surface area (Å²) >= 11 is 11.8. The van der Waals surface area contributed by atoms with Crippen LogP contribution in [-0.2, 0) is 11.3 Å². The van der Waals surface area contributed by atoms with Crippen LogP contribution in [0.3, 0.4) is 0 Å². The number of hydrogen-bond acceptors (Lipinski definition) is 5. The van der Waals surface area contributed by atoms with Gasteiger partial charge in [-0.3, -0.25) is 5.32 Å². The molecule has 0 unspecified atom stereocenters. The molecule has 2 aromatic carbocycles. The molecule has 0 atom stereocenters. The highest BCUT2D eigenvalue weighted by atomic mass is 35.5. The summed E-state index contributed by atoms with van der Waals surface area (Å²) in [4.78, 5) is 11.9. The van der Waals surface area contributed by atoms with E-state index in [1.165, 1.54) is 0 Å². The third kappa shape index (κ3) is 5.08. The highest BCUT2D eigenvalue weighted by Gasteiger charge is 2.09. The van der Waals surface area contributed by atoms with Gasteiger partial charge in [0, 0.05) is 11.8 Å². The van der Waals surface area contributed by atoms with E-state index in [-0.39, 0.29) is 17.6 Å². The number of halogens is 2. The summed E-state index contributed by atoms with van der Waals surface area (Å²) in [7, 11) is 0. The predicted molar refractivity (Wildman–Crippen MR) is 98.8 cm³/mol. The topological polar surface area (TPSA) is 73.3 Å². The van der Waals surface area contributed by atoms with Crippen molar-refractivity contribution in [3.8, 4) is 11.6 Å². The fourth-order valence-electron chi connectivity index (χ4n) is 2.01. The Balaban J connectivity index is 1.58. The van der Waals surface area contributed by atoms with Gasteiger partial charge in [0.25, 0.3) is 0 Å². The lowest BCUT2D eigenvalue weighted by Crippen LogP contribution is -2.13. The lowest BCUT2D eigenvalue weighted by Gasteiger charge is -2.10. The summed E-state index contributed by atoms with van der Waals surface area (Å²) in [6.45, 7) is 0.177. The minimum Gasteiger partial charge on any atom is -0.444 e. The first kappa shape index (κ1) is 18.0. The fraction of sp³-hybridized carbons (Fsp3) is 0.0556. The van der Waals surface area contributed by atoms with Crippen LogP contribution in [0.25, 0.3) is 0 Å². The van der Waals surface area contributed by atoms with E-state index in [1.54, 1.807) is 30.3 Å². The van der Waals surface area contributed by atoms with E-state index in [2.05, 4.69) is 15.5 Å². The number of nitrogens with one attached hydrogen (secondary N) is 1. The number of aromatic nitrogens is 2. The molecule has 0 aliphatic rings. The summed E-state index contributed by atoms with van der Waals surface area (Å²) < 4.78 is 10.7. The molecular weight excluding hydrogens is 377 g/mol. The number of benzene rings is 2. The van der Waals surface area contributed by atoms with E-state index in [0.717, 1.165) is 5.56 Å². The van der Waals surface area contributed by atoms with Crippen molar-refractivity contribution in [2.24, 2.45) is 0 Å². The van der Waals surface area contributed by atoms with Crippen molar-refractivity contribution in [3.63, 3.8) is 0 Å². The van der Waals surface area contributed by atoms with E-state index in [9.17, 15) is 4.79 Å². The van der Waals surface area contributed by atoms with Gasteiger partial charge in [0.05, 0.1) is 5.02 Å². The molecule has 1 heterocycles. The van der Waals surface area contributed by atoms with Gasteiger partial charge in [-0.1, -0.05) is 53.5 Å². The smallest absolute Gasteiger partial charge is 0.411 e. The third-order valence-electron chi connectivity index (χ3n) is 3.21. The standard InChI is InChI=1S/C18H13Cl2N3O3/c19-14-10-13(21-18(24)25-11-12-4-2-1-3-5-12)6-7-15(14)26-17-9-8-16(20)22-23-17/h1-10H,11H2,(H,21,24). The zero-order valence-corrected chi connectivity index (χ0v) is 14.9. The van der Waals surface area contributed by atoms with Crippen LogP contribution in [0.2, 0.25) is 10.2 Å². The maximum absolute atomic E-state index is 11.9. The van der Waals surface area contributed by atoms with Gasteiger partial charge in [0.2, 0.25) is 5.88 Å². The molecule has 26 heavy (non-hydrogen) atoms.